The Labute approximate surface area is 118 Å². The van der Waals surface area contributed by atoms with Crippen molar-refractivity contribution in [1.29, 1.82) is 0 Å². The fourth-order valence-corrected chi connectivity index (χ4v) is 2.51. The largest absolute Gasteiger partial charge is 0.496 e. The number of rotatable bonds is 4. The average molecular weight is 267 g/mol. The first-order valence-electron chi connectivity index (χ1n) is 6.76. The van der Waals surface area contributed by atoms with Crippen LogP contribution in [0, 0.1) is 0 Å². The van der Waals surface area contributed by atoms with Gasteiger partial charge in [0.25, 0.3) is 5.91 Å². The lowest BCUT2D eigenvalue weighted by molar-refractivity contribution is 0.0930. The third kappa shape index (κ3) is 2.27. The Kier molecular flexibility index (Phi) is 3.18. The molecule has 0 spiro atoms. The maximum Gasteiger partial charge on any atom is 0.251 e. The lowest BCUT2D eigenvalue weighted by atomic mass is 10.0. The van der Waals surface area contributed by atoms with Gasteiger partial charge in [-0.3, -0.25) is 4.79 Å². The van der Waals surface area contributed by atoms with Gasteiger partial charge in [-0.15, -0.1) is 0 Å². The second-order valence-electron chi connectivity index (χ2n) is 5.10. The van der Waals surface area contributed by atoms with E-state index < -0.39 is 0 Å². The molecule has 2 aromatic carbocycles. The van der Waals surface area contributed by atoms with E-state index in [9.17, 15) is 4.79 Å². The van der Waals surface area contributed by atoms with Crippen LogP contribution in [-0.4, -0.2) is 13.0 Å². The van der Waals surface area contributed by atoms with Crippen LogP contribution in [0.4, 0.5) is 0 Å². The molecule has 0 heterocycles. The summed E-state index contributed by atoms with van der Waals surface area (Å²) in [5.41, 5.74) is 1.49. The van der Waals surface area contributed by atoms with Gasteiger partial charge >= 0.3 is 0 Å². The van der Waals surface area contributed by atoms with Gasteiger partial charge in [0.2, 0.25) is 0 Å². The summed E-state index contributed by atoms with van der Waals surface area (Å²) < 4.78 is 5.41. The van der Waals surface area contributed by atoms with E-state index in [2.05, 4.69) is 5.32 Å². The van der Waals surface area contributed by atoms with Crippen molar-refractivity contribution >= 4 is 5.91 Å². The van der Waals surface area contributed by atoms with E-state index in [4.69, 9.17) is 4.74 Å². The van der Waals surface area contributed by atoms with Gasteiger partial charge in [0.1, 0.15) is 5.75 Å². The summed E-state index contributed by atoms with van der Waals surface area (Å²) in [5, 5.41) is 3.16. The van der Waals surface area contributed by atoms with Crippen molar-refractivity contribution in [3.63, 3.8) is 0 Å². The van der Waals surface area contributed by atoms with Crippen LogP contribution in [0.15, 0.2) is 54.6 Å². The molecule has 0 saturated heterocycles. The molecule has 0 unspecified atom stereocenters. The fourth-order valence-electron chi connectivity index (χ4n) is 2.51. The number of carbonyl (C=O) groups excluding carboxylic acids is 1. The lowest BCUT2D eigenvalue weighted by Gasteiger charge is -2.20. The standard InChI is InChI=1S/C17H17NO2/c1-20-15-10-6-5-9-14(15)17(11-12-17)18-16(19)13-7-3-2-4-8-13/h2-10H,11-12H2,1H3,(H,18,19). The smallest absolute Gasteiger partial charge is 0.251 e. The zero-order valence-electron chi connectivity index (χ0n) is 11.4. The quantitative estimate of drug-likeness (QED) is 0.924. The summed E-state index contributed by atoms with van der Waals surface area (Å²) >= 11 is 0. The van der Waals surface area contributed by atoms with Crippen molar-refractivity contribution in [1.82, 2.24) is 5.32 Å². The van der Waals surface area contributed by atoms with Crippen molar-refractivity contribution < 1.29 is 9.53 Å². The molecule has 1 saturated carbocycles. The van der Waals surface area contributed by atoms with Gasteiger partial charge < -0.3 is 10.1 Å². The Morgan fingerprint density at radius 3 is 2.35 bits per heavy atom. The van der Waals surface area contributed by atoms with Gasteiger partial charge in [-0.05, 0) is 31.0 Å². The Bertz CT molecular complexity index is 618. The molecule has 1 fully saturated rings. The number of benzene rings is 2. The minimum atomic E-state index is -0.264. The van der Waals surface area contributed by atoms with Crippen molar-refractivity contribution in [2.75, 3.05) is 7.11 Å². The molecule has 20 heavy (non-hydrogen) atoms. The first kappa shape index (κ1) is 12.7. The van der Waals surface area contributed by atoms with Gasteiger partial charge in [-0.1, -0.05) is 36.4 Å². The number of methoxy groups -OCH3 is 1. The number of hydrogen-bond donors (Lipinski definition) is 1. The van der Waals surface area contributed by atoms with Crippen molar-refractivity contribution in [2.24, 2.45) is 0 Å². The number of para-hydroxylation sites is 1. The monoisotopic (exact) mass is 267 g/mol. The molecular formula is C17H17NO2. The molecule has 1 aliphatic rings. The highest BCUT2D eigenvalue weighted by atomic mass is 16.5. The first-order chi connectivity index (χ1) is 9.75. The molecule has 1 amide bonds. The molecule has 0 radical (unpaired) electrons. The third-order valence-electron chi connectivity index (χ3n) is 3.76. The van der Waals surface area contributed by atoms with E-state index in [1.54, 1.807) is 7.11 Å². The van der Waals surface area contributed by atoms with Crippen LogP contribution in [0.2, 0.25) is 0 Å². The van der Waals surface area contributed by atoms with Crippen LogP contribution in [0.5, 0.6) is 5.75 Å². The number of hydrogen-bond acceptors (Lipinski definition) is 2. The topological polar surface area (TPSA) is 38.3 Å². The Balaban J connectivity index is 1.85. The summed E-state index contributed by atoms with van der Waals surface area (Å²) in [7, 11) is 1.66. The van der Waals surface area contributed by atoms with Crippen LogP contribution < -0.4 is 10.1 Å². The third-order valence-corrected chi connectivity index (χ3v) is 3.76. The van der Waals surface area contributed by atoms with Crippen molar-refractivity contribution in [3.8, 4) is 5.75 Å². The number of nitrogens with one attached hydrogen (secondary N) is 1. The van der Waals surface area contributed by atoms with Crippen molar-refractivity contribution in [3.05, 3.63) is 65.7 Å². The highest BCUT2D eigenvalue weighted by Gasteiger charge is 2.47. The van der Waals surface area contributed by atoms with Crippen LogP contribution in [0.3, 0.4) is 0 Å². The molecule has 3 nitrogen and oxygen atoms in total. The molecule has 2 aromatic rings. The molecule has 0 aliphatic heterocycles. The summed E-state index contributed by atoms with van der Waals surface area (Å²) in [5.74, 6) is 0.798. The molecule has 1 aliphatic carbocycles. The number of carbonyl (C=O) groups is 1. The van der Waals surface area contributed by atoms with Gasteiger partial charge in [-0.2, -0.15) is 0 Å². The number of ether oxygens (including phenoxy) is 1. The number of amides is 1. The Hall–Kier alpha value is -2.29. The zero-order chi connectivity index (χ0) is 14.0. The molecule has 3 heteroatoms. The highest BCUT2D eigenvalue weighted by molar-refractivity contribution is 5.95. The van der Waals surface area contributed by atoms with Gasteiger partial charge in [0, 0.05) is 11.1 Å². The maximum atomic E-state index is 12.3. The molecule has 1 N–H and O–H groups in total. The van der Waals surface area contributed by atoms with E-state index in [-0.39, 0.29) is 11.4 Å². The molecule has 102 valence electrons. The molecule has 0 aromatic heterocycles. The van der Waals surface area contributed by atoms with Gasteiger partial charge in [0.15, 0.2) is 0 Å². The summed E-state index contributed by atoms with van der Waals surface area (Å²) in [6.45, 7) is 0. The normalized spacial score (nSPS) is 15.4. The van der Waals surface area contributed by atoms with E-state index in [1.165, 1.54) is 0 Å². The van der Waals surface area contributed by atoms with E-state index in [0.29, 0.717) is 5.56 Å². The van der Waals surface area contributed by atoms with Gasteiger partial charge in [0.05, 0.1) is 12.6 Å². The molecule has 0 atom stereocenters. The molecular weight excluding hydrogens is 250 g/mol. The minimum Gasteiger partial charge on any atom is -0.496 e. The predicted octanol–water partition coefficient (Wildman–Crippen LogP) is 3.11. The van der Waals surface area contributed by atoms with E-state index in [1.807, 2.05) is 54.6 Å². The van der Waals surface area contributed by atoms with E-state index >= 15 is 0 Å². The molecule has 3 rings (SSSR count). The summed E-state index contributed by atoms with van der Waals surface area (Å²) in [6, 6.07) is 17.2. The van der Waals surface area contributed by atoms with Crippen LogP contribution in [-0.2, 0) is 5.54 Å². The predicted molar refractivity (Wildman–Crippen MR) is 77.8 cm³/mol. The second kappa shape index (κ2) is 5.00. The fraction of sp³-hybridized carbons (Fsp3) is 0.235. The lowest BCUT2D eigenvalue weighted by Crippen LogP contribution is -2.35. The van der Waals surface area contributed by atoms with Crippen LogP contribution >= 0.6 is 0 Å². The van der Waals surface area contributed by atoms with Crippen LogP contribution in [0.1, 0.15) is 28.8 Å². The highest BCUT2D eigenvalue weighted by Crippen LogP contribution is 2.48. The minimum absolute atomic E-state index is 0.0333. The van der Waals surface area contributed by atoms with Crippen molar-refractivity contribution in [2.45, 2.75) is 18.4 Å². The van der Waals surface area contributed by atoms with Crippen LogP contribution in [0.25, 0.3) is 0 Å². The second-order valence-corrected chi connectivity index (χ2v) is 5.10. The molecule has 0 bridgehead atoms. The first-order valence-corrected chi connectivity index (χ1v) is 6.76. The summed E-state index contributed by atoms with van der Waals surface area (Å²) in [4.78, 5) is 12.3. The zero-order valence-corrected chi connectivity index (χ0v) is 11.4. The summed E-state index contributed by atoms with van der Waals surface area (Å²) in [6.07, 6.45) is 1.90. The Morgan fingerprint density at radius 1 is 1.05 bits per heavy atom. The Morgan fingerprint density at radius 2 is 1.70 bits per heavy atom. The average Bonchev–Trinajstić information content (AvgIpc) is 3.28. The SMILES string of the molecule is COc1ccccc1C1(NC(=O)c2ccccc2)CC1. The van der Waals surface area contributed by atoms with E-state index in [0.717, 1.165) is 24.2 Å². The van der Waals surface area contributed by atoms with Gasteiger partial charge in [-0.25, -0.2) is 0 Å². The maximum absolute atomic E-state index is 12.3.